The first-order valence-electron chi connectivity index (χ1n) is 5.12. The summed E-state index contributed by atoms with van der Waals surface area (Å²) in [6, 6.07) is 1.59. The first-order chi connectivity index (χ1) is 8.82. The highest BCUT2D eigenvalue weighted by Gasteiger charge is 2.36. The third-order valence-electron chi connectivity index (χ3n) is 2.39. The third kappa shape index (κ3) is 2.47. The van der Waals surface area contributed by atoms with Gasteiger partial charge in [0, 0.05) is 12.5 Å². The van der Waals surface area contributed by atoms with E-state index < -0.39 is 17.5 Å². The Balaban J connectivity index is 2.69. The number of aromatic nitrogens is 2. The van der Waals surface area contributed by atoms with Crippen LogP contribution < -0.4 is 4.74 Å². The molecule has 102 valence electrons. The molecule has 2 rings (SSSR count). The van der Waals surface area contributed by atoms with Crippen molar-refractivity contribution in [2.45, 2.75) is 13.1 Å². The van der Waals surface area contributed by atoms with Crippen molar-refractivity contribution in [1.29, 1.82) is 0 Å². The Labute approximate surface area is 105 Å². The lowest BCUT2D eigenvalue weighted by molar-refractivity contribution is -0.137. The Bertz CT molecular complexity index is 608. The summed E-state index contributed by atoms with van der Waals surface area (Å²) in [6.45, 7) is 1.46. The van der Waals surface area contributed by atoms with Gasteiger partial charge < -0.3 is 14.4 Å². The molecule has 0 aliphatic heterocycles. The summed E-state index contributed by atoms with van der Waals surface area (Å²) in [5.74, 6) is -0.803. The average molecular weight is 274 g/mol. The Kier molecular flexibility index (Phi) is 3.09. The topological polar surface area (TPSA) is 68.4 Å². The Morgan fingerprint density at radius 3 is 2.47 bits per heavy atom. The molecule has 0 radical (unpaired) electrons. The SMILES string of the molecule is COc1cc(-c2noc(C)n2)c(C(F)(F)F)cc1O. The lowest BCUT2D eigenvalue weighted by Gasteiger charge is -2.13. The van der Waals surface area contributed by atoms with Crippen molar-refractivity contribution in [1.82, 2.24) is 10.1 Å². The highest BCUT2D eigenvalue weighted by Crippen LogP contribution is 2.41. The summed E-state index contributed by atoms with van der Waals surface area (Å²) < 4.78 is 48.2. The summed E-state index contributed by atoms with van der Waals surface area (Å²) in [5, 5.41) is 12.9. The summed E-state index contributed by atoms with van der Waals surface area (Å²) in [4.78, 5) is 3.75. The zero-order valence-electron chi connectivity index (χ0n) is 9.95. The van der Waals surface area contributed by atoms with Gasteiger partial charge in [0.05, 0.1) is 12.7 Å². The number of phenols is 1. The third-order valence-corrected chi connectivity index (χ3v) is 2.39. The molecule has 1 aromatic heterocycles. The van der Waals surface area contributed by atoms with Gasteiger partial charge in [0.1, 0.15) is 0 Å². The number of aryl methyl sites for hydroxylation is 1. The van der Waals surface area contributed by atoms with Crippen LogP contribution in [0.15, 0.2) is 16.7 Å². The fraction of sp³-hybridized carbons (Fsp3) is 0.273. The van der Waals surface area contributed by atoms with E-state index in [0.717, 1.165) is 6.07 Å². The largest absolute Gasteiger partial charge is 0.504 e. The van der Waals surface area contributed by atoms with Gasteiger partial charge in [-0.1, -0.05) is 5.16 Å². The van der Waals surface area contributed by atoms with Gasteiger partial charge in [-0.05, 0) is 12.1 Å². The van der Waals surface area contributed by atoms with E-state index in [1.165, 1.54) is 14.0 Å². The van der Waals surface area contributed by atoms with Crippen LogP contribution in [0.5, 0.6) is 11.5 Å². The number of rotatable bonds is 2. The molecule has 0 atom stereocenters. The maximum atomic E-state index is 12.9. The monoisotopic (exact) mass is 274 g/mol. The van der Waals surface area contributed by atoms with Crippen LogP contribution >= 0.6 is 0 Å². The first kappa shape index (κ1) is 13.2. The van der Waals surface area contributed by atoms with Gasteiger partial charge in [-0.15, -0.1) is 0 Å². The maximum Gasteiger partial charge on any atom is 0.417 e. The molecular formula is C11H9F3N2O3. The molecule has 19 heavy (non-hydrogen) atoms. The van der Waals surface area contributed by atoms with Crippen LogP contribution in [0, 0.1) is 6.92 Å². The minimum absolute atomic E-state index is 0.106. The van der Waals surface area contributed by atoms with E-state index in [0.29, 0.717) is 6.07 Å². The van der Waals surface area contributed by atoms with E-state index in [1.54, 1.807) is 0 Å². The molecule has 0 spiro atoms. The van der Waals surface area contributed by atoms with Crippen molar-refractivity contribution in [3.63, 3.8) is 0 Å². The van der Waals surface area contributed by atoms with Crippen LogP contribution in [0.4, 0.5) is 13.2 Å². The summed E-state index contributed by atoms with van der Waals surface area (Å²) in [7, 11) is 1.23. The number of aromatic hydroxyl groups is 1. The van der Waals surface area contributed by atoms with Crippen molar-refractivity contribution in [2.24, 2.45) is 0 Å². The summed E-state index contributed by atoms with van der Waals surface area (Å²) in [5.41, 5.74) is -1.38. The molecule has 2 aromatic rings. The van der Waals surface area contributed by atoms with Gasteiger partial charge in [-0.3, -0.25) is 0 Å². The molecule has 1 N–H and O–H groups in total. The number of hydrogen-bond acceptors (Lipinski definition) is 5. The average Bonchev–Trinajstić information content (AvgIpc) is 2.74. The van der Waals surface area contributed by atoms with Gasteiger partial charge >= 0.3 is 6.18 Å². The lowest BCUT2D eigenvalue weighted by Crippen LogP contribution is -2.08. The Morgan fingerprint density at radius 1 is 1.32 bits per heavy atom. The standard InChI is InChI=1S/C11H9F3N2O3/c1-5-15-10(16-19-5)6-3-9(18-2)8(17)4-7(6)11(12,13)14/h3-4,17H,1-2H3. The number of nitrogens with zero attached hydrogens (tertiary/aromatic N) is 2. The van der Waals surface area contributed by atoms with E-state index >= 15 is 0 Å². The van der Waals surface area contributed by atoms with Gasteiger partial charge in [0.25, 0.3) is 0 Å². The van der Waals surface area contributed by atoms with E-state index in [-0.39, 0.29) is 23.0 Å². The van der Waals surface area contributed by atoms with Crippen molar-refractivity contribution in [3.8, 4) is 22.9 Å². The molecule has 0 unspecified atom stereocenters. The fourth-order valence-corrected chi connectivity index (χ4v) is 1.56. The zero-order valence-corrected chi connectivity index (χ0v) is 9.95. The van der Waals surface area contributed by atoms with Crippen LogP contribution in [-0.2, 0) is 6.18 Å². The van der Waals surface area contributed by atoms with E-state index in [2.05, 4.69) is 14.7 Å². The minimum atomic E-state index is -4.66. The maximum absolute atomic E-state index is 12.9. The van der Waals surface area contributed by atoms with Gasteiger partial charge in [0.15, 0.2) is 11.5 Å². The number of benzene rings is 1. The van der Waals surface area contributed by atoms with Crippen LogP contribution in [0.3, 0.4) is 0 Å². The predicted octanol–water partition coefficient (Wildman–Crippen LogP) is 2.78. The molecule has 0 aliphatic carbocycles. The zero-order chi connectivity index (χ0) is 14.2. The quantitative estimate of drug-likeness (QED) is 0.911. The molecule has 1 heterocycles. The molecule has 0 saturated carbocycles. The van der Waals surface area contributed by atoms with Gasteiger partial charge in [0.2, 0.25) is 11.7 Å². The molecule has 0 bridgehead atoms. The van der Waals surface area contributed by atoms with Crippen LogP contribution in [0.2, 0.25) is 0 Å². The predicted molar refractivity (Wildman–Crippen MR) is 57.7 cm³/mol. The van der Waals surface area contributed by atoms with Crippen molar-refractivity contribution >= 4 is 0 Å². The van der Waals surface area contributed by atoms with E-state index in [4.69, 9.17) is 4.74 Å². The second-order valence-electron chi connectivity index (χ2n) is 3.70. The lowest BCUT2D eigenvalue weighted by atomic mass is 10.1. The molecule has 1 aromatic carbocycles. The normalized spacial score (nSPS) is 11.6. The van der Waals surface area contributed by atoms with Gasteiger partial charge in [-0.25, -0.2) is 0 Å². The van der Waals surface area contributed by atoms with Crippen molar-refractivity contribution in [3.05, 3.63) is 23.6 Å². The first-order valence-corrected chi connectivity index (χ1v) is 5.12. The second kappa shape index (κ2) is 4.45. The molecule has 8 heteroatoms. The van der Waals surface area contributed by atoms with Gasteiger partial charge in [-0.2, -0.15) is 18.2 Å². The van der Waals surface area contributed by atoms with Crippen molar-refractivity contribution in [2.75, 3.05) is 7.11 Å². The molecule has 0 saturated heterocycles. The second-order valence-corrected chi connectivity index (χ2v) is 3.70. The number of halogens is 3. The highest BCUT2D eigenvalue weighted by atomic mass is 19.4. The van der Waals surface area contributed by atoms with Crippen LogP contribution in [0.1, 0.15) is 11.5 Å². The van der Waals surface area contributed by atoms with E-state index in [1.807, 2.05) is 0 Å². The Hall–Kier alpha value is -2.25. The van der Waals surface area contributed by atoms with Crippen molar-refractivity contribution < 1.29 is 27.5 Å². The molecule has 0 amide bonds. The summed E-state index contributed by atoms with van der Waals surface area (Å²) in [6.07, 6.45) is -4.66. The molecular weight excluding hydrogens is 265 g/mol. The molecule has 0 aliphatic rings. The van der Waals surface area contributed by atoms with E-state index in [9.17, 15) is 18.3 Å². The van der Waals surface area contributed by atoms with Crippen LogP contribution in [-0.4, -0.2) is 22.4 Å². The number of alkyl halides is 3. The highest BCUT2D eigenvalue weighted by molar-refractivity contribution is 5.66. The number of methoxy groups -OCH3 is 1. The minimum Gasteiger partial charge on any atom is -0.504 e. The molecule has 5 nitrogen and oxygen atoms in total. The molecule has 0 fully saturated rings. The summed E-state index contributed by atoms with van der Waals surface area (Å²) >= 11 is 0. The Morgan fingerprint density at radius 2 is 2.00 bits per heavy atom. The van der Waals surface area contributed by atoms with Crippen LogP contribution in [0.25, 0.3) is 11.4 Å². The number of hydrogen-bond donors (Lipinski definition) is 1. The number of ether oxygens (including phenoxy) is 1. The smallest absolute Gasteiger partial charge is 0.417 e. The number of phenolic OH excluding ortho intramolecular Hbond substituents is 1. The fourth-order valence-electron chi connectivity index (χ4n) is 1.56.